The van der Waals surface area contributed by atoms with Gasteiger partial charge in [0.15, 0.2) is 0 Å². The van der Waals surface area contributed by atoms with Crippen molar-refractivity contribution in [1.82, 2.24) is 9.80 Å². The predicted octanol–water partition coefficient (Wildman–Crippen LogP) is 4.13. The molecule has 2 rings (SSSR count). The van der Waals surface area contributed by atoms with Crippen LogP contribution in [-0.4, -0.2) is 84.7 Å². The maximum atomic E-state index is 12.9. The molecule has 1 saturated carbocycles. The van der Waals surface area contributed by atoms with E-state index in [2.05, 4.69) is 0 Å². The second-order valence-corrected chi connectivity index (χ2v) is 10.4. The van der Waals surface area contributed by atoms with Crippen molar-refractivity contribution in [2.45, 2.75) is 102 Å². The molecular weight excluding hydrogens is 428 g/mol. The van der Waals surface area contributed by atoms with Crippen molar-refractivity contribution in [2.24, 2.45) is 0 Å². The Kier molecular flexibility index (Phi) is 9.01. The van der Waals surface area contributed by atoms with E-state index >= 15 is 0 Å². The van der Waals surface area contributed by atoms with Gasteiger partial charge in [-0.1, -0.05) is 19.8 Å². The van der Waals surface area contributed by atoms with E-state index in [0.29, 0.717) is 38.8 Å². The van der Waals surface area contributed by atoms with Crippen molar-refractivity contribution in [2.75, 3.05) is 33.9 Å². The molecule has 0 atom stereocenters. The number of hydrogen-bond acceptors (Lipinski definition) is 7. The van der Waals surface area contributed by atoms with Crippen molar-refractivity contribution in [3.8, 4) is 0 Å². The summed E-state index contributed by atoms with van der Waals surface area (Å²) in [6.07, 6.45) is 4.12. The van der Waals surface area contributed by atoms with Crippen molar-refractivity contribution in [1.29, 1.82) is 0 Å². The zero-order chi connectivity index (χ0) is 24.9. The van der Waals surface area contributed by atoms with Crippen LogP contribution in [0, 0.1) is 0 Å². The Morgan fingerprint density at radius 3 is 2.09 bits per heavy atom. The number of ether oxygens (including phenoxy) is 4. The topological polar surface area (TPSA) is 94.6 Å². The van der Waals surface area contributed by atoms with Gasteiger partial charge < -0.3 is 23.8 Å². The first-order chi connectivity index (χ1) is 15.4. The van der Waals surface area contributed by atoms with Crippen LogP contribution in [0.3, 0.4) is 0 Å². The molecule has 190 valence electrons. The molecule has 1 aliphatic carbocycles. The predicted molar refractivity (Wildman–Crippen MR) is 123 cm³/mol. The summed E-state index contributed by atoms with van der Waals surface area (Å²) in [4.78, 5) is 40.7. The summed E-state index contributed by atoms with van der Waals surface area (Å²) in [6, 6.07) is 0. The first kappa shape index (κ1) is 27.2. The fourth-order valence-electron chi connectivity index (χ4n) is 4.23. The molecular formula is C24H42N2O7. The number of likely N-dealkylation sites (N-methyl/N-ethyl adjacent to an activating group) is 1. The highest BCUT2D eigenvalue weighted by atomic mass is 16.6. The molecule has 0 bridgehead atoms. The molecule has 0 N–H and O–H groups in total. The van der Waals surface area contributed by atoms with Crippen LogP contribution in [0.1, 0.15) is 79.6 Å². The average Bonchev–Trinajstić information content (AvgIpc) is 3.27. The highest BCUT2D eigenvalue weighted by Crippen LogP contribution is 2.36. The number of esters is 1. The van der Waals surface area contributed by atoms with E-state index in [1.165, 1.54) is 12.0 Å². The molecule has 2 amide bonds. The third-order valence-electron chi connectivity index (χ3n) is 6.86. The van der Waals surface area contributed by atoms with Crippen molar-refractivity contribution in [3.63, 3.8) is 0 Å². The lowest BCUT2D eigenvalue weighted by Gasteiger charge is -2.38. The summed E-state index contributed by atoms with van der Waals surface area (Å²) in [6.45, 7) is 10.7. The van der Waals surface area contributed by atoms with Gasteiger partial charge in [0.25, 0.3) is 0 Å². The summed E-state index contributed by atoms with van der Waals surface area (Å²) in [5, 5.41) is 0. The zero-order valence-corrected chi connectivity index (χ0v) is 21.4. The number of amides is 2. The first-order valence-corrected chi connectivity index (χ1v) is 12.0. The molecule has 2 aliphatic rings. The molecule has 0 radical (unpaired) electrons. The number of carbonyl (C=O) groups excluding carboxylic acids is 3. The summed E-state index contributed by atoms with van der Waals surface area (Å²) in [5.41, 5.74) is -2.31. The van der Waals surface area contributed by atoms with Gasteiger partial charge in [0.1, 0.15) is 16.7 Å². The number of hydrogen-bond donors (Lipinski definition) is 0. The Morgan fingerprint density at radius 2 is 1.58 bits per heavy atom. The van der Waals surface area contributed by atoms with Gasteiger partial charge in [-0.3, -0.25) is 4.90 Å². The van der Waals surface area contributed by atoms with Crippen LogP contribution in [0.4, 0.5) is 9.59 Å². The van der Waals surface area contributed by atoms with Gasteiger partial charge in [-0.15, -0.1) is 0 Å². The molecule has 0 aromatic rings. The van der Waals surface area contributed by atoms with E-state index in [1.54, 1.807) is 25.8 Å². The molecule has 0 aromatic heterocycles. The van der Waals surface area contributed by atoms with Crippen LogP contribution in [0.5, 0.6) is 0 Å². The lowest BCUT2D eigenvalue weighted by molar-refractivity contribution is -0.154. The number of methoxy groups -OCH3 is 1. The largest absolute Gasteiger partial charge is 0.467 e. The molecule has 0 unspecified atom stereocenters. The van der Waals surface area contributed by atoms with Crippen molar-refractivity contribution < 1.29 is 33.3 Å². The highest BCUT2D eigenvalue weighted by Gasteiger charge is 2.49. The van der Waals surface area contributed by atoms with Crippen LogP contribution in [0.25, 0.3) is 0 Å². The van der Waals surface area contributed by atoms with Gasteiger partial charge in [0.2, 0.25) is 0 Å². The Labute approximate surface area is 198 Å². The second-order valence-electron chi connectivity index (χ2n) is 10.4. The average molecular weight is 471 g/mol. The van der Waals surface area contributed by atoms with E-state index < -0.39 is 28.8 Å². The minimum absolute atomic E-state index is 0.0276. The summed E-state index contributed by atoms with van der Waals surface area (Å²) in [7, 11) is 2.94. The van der Waals surface area contributed by atoms with Crippen molar-refractivity contribution in [3.05, 3.63) is 0 Å². The van der Waals surface area contributed by atoms with Crippen LogP contribution in [-0.2, 0) is 23.7 Å². The molecule has 0 aromatic carbocycles. The third kappa shape index (κ3) is 6.98. The minimum atomic E-state index is -0.962. The monoisotopic (exact) mass is 470 g/mol. The quantitative estimate of drug-likeness (QED) is 0.389. The number of nitrogens with zero attached hydrogens (tertiary/aromatic N) is 2. The highest BCUT2D eigenvalue weighted by molar-refractivity contribution is 5.86. The van der Waals surface area contributed by atoms with Gasteiger partial charge >= 0.3 is 18.2 Å². The van der Waals surface area contributed by atoms with E-state index in [9.17, 15) is 14.4 Å². The smallest absolute Gasteiger partial charge is 0.411 e. The van der Waals surface area contributed by atoms with Gasteiger partial charge in [-0.05, 0) is 59.8 Å². The maximum absolute atomic E-state index is 12.9. The Bertz CT molecular complexity index is 693. The molecule has 9 nitrogen and oxygen atoms in total. The number of piperidine rings is 1. The van der Waals surface area contributed by atoms with Gasteiger partial charge in [0, 0.05) is 20.1 Å². The summed E-state index contributed by atoms with van der Waals surface area (Å²) >= 11 is 0. The van der Waals surface area contributed by atoms with Gasteiger partial charge in [-0.2, -0.15) is 0 Å². The Morgan fingerprint density at radius 1 is 1.00 bits per heavy atom. The van der Waals surface area contributed by atoms with E-state index in [0.717, 1.165) is 19.3 Å². The maximum Gasteiger partial charge on any atom is 0.411 e. The minimum Gasteiger partial charge on any atom is -0.467 e. The fraction of sp³-hybridized carbons (Fsp3) is 0.875. The first-order valence-electron chi connectivity index (χ1n) is 12.0. The number of carbonyl (C=O) groups is 3. The van der Waals surface area contributed by atoms with Crippen LogP contribution >= 0.6 is 0 Å². The van der Waals surface area contributed by atoms with Gasteiger partial charge in [0.05, 0.1) is 19.8 Å². The fourth-order valence-corrected chi connectivity index (χ4v) is 4.23. The zero-order valence-electron chi connectivity index (χ0n) is 21.4. The molecule has 9 heteroatoms. The van der Waals surface area contributed by atoms with E-state index in [1.807, 2.05) is 20.8 Å². The number of rotatable bonds is 8. The molecule has 1 saturated heterocycles. The van der Waals surface area contributed by atoms with E-state index in [-0.39, 0.29) is 18.8 Å². The summed E-state index contributed by atoms with van der Waals surface area (Å²) in [5.74, 6) is -0.402. The molecule has 33 heavy (non-hydrogen) atoms. The van der Waals surface area contributed by atoms with Crippen molar-refractivity contribution >= 4 is 18.2 Å². The number of likely N-dealkylation sites (tertiary alicyclic amines) is 1. The second kappa shape index (κ2) is 10.9. The Hall–Kier alpha value is -2.03. The molecule has 0 spiro atoms. The normalized spacial score (nSPS) is 19.2. The third-order valence-corrected chi connectivity index (χ3v) is 6.86. The SMILES string of the molecule is CCC(C)(C)OC(=O)N1CCC(OCC(C)(C)OC(=O)N(C)C2(C(=O)OC)CCCC2)CC1. The van der Waals surface area contributed by atoms with Crippen LogP contribution in [0.15, 0.2) is 0 Å². The molecule has 2 fully saturated rings. The molecule has 1 heterocycles. The lowest BCUT2D eigenvalue weighted by Crippen LogP contribution is -2.55. The van der Waals surface area contributed by atoms with Crippen LogP contribution < -0.4 is 0 Å². The lowest BCUT2D eigenvalue weighted by atomic mass is 9.96. The summed E-state index contributed by atoms with van der Waals surface area (Å²) < 4.78 is 22.3. The van der Waals surface area contributed by atoms with E-state index in [4.69, 9.17) is 18.9 Å². The molecule has 1 aliphatic heterocycles. The Balaban J connectivity index is 1.82. The standard InChI is InChI=1S/C24H42N2O7/c1-8-22(2,3)33-21(29)26-15-11-18(12-16-26)31-17-23(4,5)32-20(28)25(6)24(19(27)30-7)13-9-10-14-24/h18H,8-17H2,1-7H3. The van der Waals surface area contributed by atoms with Crippen LogP contribution in [0.2, 0.25) is 0 Å². The van der Waals surface area contributed by atoms with Gasteiger partial charge in [-0.25, -0.2) is 14.4 Å².